The molecular formula is C16H24ClN. The van der Waals surface area contributed by atoms with Crippen LogP contribution >= 0.6 is 11.6 Å². The fraction of sp³-hybridized carbons (Fsp3) is 0.625. The summed E-state index contributed by atoms with van der Waals surface area (Å²) < 4.78 is 0. The van der Waals surface area contributed by atoms with Crippen LogP contribution in [-0.2, 0) is 6.42 Å². The zero-order valence-electron chi connectivity index (χ0n) is 11.5. The number of hydrogen-bond donors (Lipinski definition) is 1. The van der Waals surface area contributed by atoms with Crippen molar-refractivity contribution in [2.24, 2.45) is 17.8 Å². The molecule has 0 saturated heterocycles. The molecule has 0 spiro atoms. The average molecular weight is 266 g/mol. The quantitative estimate of drug-likeness (QED) is 0.781. The molecule has 2 rings (SSSR count). The van der Waals surface area contributed by atoms with Crippen molar-refractivity contribution in [2.45, 2.75) is 33.1 Å². The lowest BCUT2D eigenvalue weighted by Gasteiger charge is -2.18. The van der Waals surface area contributed by atoms with Gasteiger partial charge in [-0.3, -0.25) is 0 Å². The Kier molecular flexibility index (Phi) is 5.08. The third-order valence-electron chi connectivity index (χ3n) is 3.69. The van der Waals surface area contributed by atoms with Gasteiger partial charge in [-0.1, -0.05) is 43.6 Å². The molecule has 2 heteroatoms. The van der Waals surface area contributed by atoms with Crippen molar-refractivity contribution >= 4 is 11.6 Å². The summed E-state index contributed by atoms with van der Waals surface area (Å²) in [6.07, 6.45) is 3.92. The summed E-state index contributed by atoms with van der Waals surface area (Å²) in [6.45, 7) is 6.76. The van der Waals surface area contributed by atoms with Crippen LogP contribution in [0.5, 0.6) is 0 Å². The molecular weight excluding hydrogens is 242 g/mol. The van der Waals surface area contributed by atoms with Gasteiger partial charge < -0.3 is 5.32 Å². The van der Waals surface area contributed by atoms with Crippen LogP contribution < -0.4 is 5.32 Å². The van der Waals surface area contributed by atoms with Crippen molar-refractivity contribution in [3.8, 4) is 0 Å². The number of rotatable bonds is 7. The molecule has 0 aliphatic heterocycles. The Morgan fingerprint density at radius 2 is 1.94 bits per heavy atom. The van der Waals surface area contributed by atoms with Crippen molar-refractivity contribution in [2.75, 3.05) is 13.1 Å². The third kappa shape index (κ3) is 4.29. The lowest BCUT2D eigenvalue weighted by Crippen LogP contribution is -2.28. The van der Waals surface area contributed by atoms with Crippen molar-refractivity contribution in [3.63, 3.8) is 0 Å². The van der Waals surface area contributed by atoms with Gasteiger partial charge in [0.15, 0.2) is 0 Å². The molecule has 0 aromatic heterocycles. The Balaban J connectivity index is 1.88. The summed E-state index contributed by atoms with van der Waals surface area (Å²) in [7, 11) is 0. The number of halogens is 1. The molecule has 1 saturated carbocycles. The minimum absolute atomic E-state index is 0.727. The molecule has 0 amide bonds. The van der Waals surface area contributed by atoms with E-state index in [0.29, 0.717) is 0 Å². The second-order valence-electron chi connectivity index (χ2n) is 5.95. The maximum Gasteiger partial charge on any atom is 0.0438 e. The molecule has 0 radical (unpaired) electrons. The second kappa shape index (κ2) is 6.58. The van der Waals surface area contributed by atoms with Gasteiger partial charge in [-0.25, -0.2) is 0 Å². The van der Waals surface area contributed by atoms with E-state index in [4.69, 9.17) is 11.6 Å². The zero-order valence-corrected chi connectivity index (χ0v) is 12.2. The topological polar surface area (TPSA) is 12.0 Å². The molecule has 1 nitrogen and oxygen atoms in total. The fourth-order valence-electron chi connectivity index (χ4n) is 2.48. The average Bonchev–Trinajstić information content (AvgIpc) is 3.14. The SMILES string of the molecule is CC(C)CNCC(Cc1ccccc1Cl)C1CC1. The predicted molar refractivity (Wildman–Crippen MR) is 79.1 cm³/mol. The summed E-state index contributed by atoms with van der Waals surface area (Å²) in [5, 5.41) is 4.53. The van der Waals surface area contributed by atoms with E-state index in [2.05, 4.69) is 31.3 Å². The van der Waals surface area contributed by atoms with Crippen molar-refractivity contribution in [1.29, 1.82) is 0 Å². The molecule has 18 heavy (non-hydrogen) atoms. The van der Waals surface area contributed by atoms with Crippen LogP contribution in [0.3, 0.4) is 0 Å². The summed E-state index contributed by atoms with van der Waals surface area (Å²) in [4.78, 5) is 0. The zero-order chi connectivity index (χ0) is 13.0. The van der Waals surface area contributed by atoms with E-state index in [1.165, 1.54) is 18.4 Å². The van der Waals surface area contributed by atoms with Crippen LogP contribution in [0.2, 0.25) is 5.02 Å². The van der Waals surface area contributed by atoms with Crippen molar-refractivity contribution in [3.05, 3.63) is 34.9 Å². The first-order chi connectivity index (χ1) is 8.66. The van der Waals surface area contributed by atoms with E-state index in [1.54, 1.807) is 0 Å². The Bertz CT molecular complexity index is 371. The van der Waals surface area contributed by atoms with E-state index < -0.39 is 0 Å². The van der Waals surface area contributed by atoms with Gasteiger partial charge in [0.05, 0.1) is 0 Å². The van der Waals surface area contributed by atoms with Crippen molar-refractivity contribution < 1.29 is 0 Å². The monoisotopic (exact) mass is 265 g/mol. The third-order valence-corrected chi connectivity index (χ3v) is 4.06. The van der Waals surface area contributed by atoms with Crippen LogP contribution in [0.25, 0.3) is 0 Å². The summed E-state index contributed by atoms with van der Waals surface area (Å²) in [6, 6.07) is 8.27. The highest BCUT2D eigenvalue weighted by atomic mass is 35.5. The molecule has 0 heterocycles. The van der Waals surface area contributed by atoms with Crippen LogP contribution in [0.4, 0.5) is 0 Å². The summed E-state index contributed by atoms with van der Waals surface area (Å²) >= 11 is 6.26. The number of nitrogens with one attached hydrogen (secondary N) is 1. The van der Waals surface area contributed by atoms with Crippen LogP contribution in [0.15, 0.2) is 24.3 Å². The smallest absolute Gasteiger partial charge is 0.0438 e. The first-order valence-electron chi connectivity index (χ1n) is 7.11. The van der Waals surface area contributed by atoms with Gasteiger partial charge in [-0.05, 0) is 61.7 Å². The normalized spacial score (nSPS) is 17.1. The maximum absolute atomic E-state index is 6.26. The van der Waals surface area contributed by atoms with E-state index >= 15 is 0 Å². The van der Waals surface area contributed by atoms with E-state index in [1.807, 2.05) is 12.1 Å². The molecule has 1 aromatic carbocycles. The van der Waals surface area contributed by atoms with E-state index in [0.717, 1.165) is 42.3 Å². The van der Waals surface area contributed by atoms with Crippen LogP contribution in [0, 0.1) is 17.8 Å². The summed E-state index contributed by atoms with van der Waals surface area (Å²) in [5.74, 6) is 2.40. The van der Waals surface area contributed by atoms with Gasteiger partial charge in [-0.15, -0.1) is 0 Å². The molecule has 1 fully saturated rings. The van der Waals surface area contributed by atoms with Gasteiger partial charge in [-0.2, -0.15) is 0 Å². The Labute approximate surface area is 116 Å². The fourth-order valence-corrected chi connectivity index (χ4v) is 2.69. The lowest BCUT2D eigenvalue weighted by atomic mass is 9.94. The Hall–Kier alpha value is -0.530. The van der Waals surface area contributed by atoms with E-state index in [-0.39, 0.29) is 0 Å². The molecule has 0 bridgehead atoms. The largest absolute Gasteiger partial charge is 0.316 e. The number of hydrogen-bond acceptors (Lipinski definition) is 1. The Morgan fingerprint density at radius 1 is 1.22 bits per heavy atom. The second-order valence-corrected chi connectivity index (χ2v) is 6.35. The molecule has 1 aliphatic carbocycles. The van der Waals surface area contributed by atoms with Crippen LogP contribution in [-0.4, -0.2) is 13.1 Å². The van der Waals surface area contributed by atoms with Crippen LogP contribution in [0.1, 0.15) is 32.3 Å². The molecule has 1 unspecified atom stereocenters. The first kappa shape index (κ1) is 13.9. The van der Waals surface area contributed by atoms with Gasteiger partial charge in [0, 0.05) is 5.02 Å². The van der Waals surface area contributed by atoms with E-state index in [9.17, 15) is 0 Å². The minimum Gasteiger partial charge on any atom is -0.316 e. The van der Waals surface area contributed by atoms with Gasteiger partial charge in [0.2, 0.25) is 0 Å². The molecule has 1 aromatic rings. The highest BCUT2D eigenvalue weighted by molar-refractivity contribution is 6.31. The number of benzene rings is 1. The van der Waals surface area contributed by atoms with Gasteiger partial charge in [0.25, 0.3) is 0 Å². The lowest BCUT2D eigenvalue weighted by molar-refractivity contribution is 0.408. The highest BCUT2D eigenvalue weighted by Gasteiger charge is 2.31. The minimum atomic E-state index is 0.727. The molecule has 1 aliphatic rings. The molecule has 1 N–H and O–H groups in total. The standard InChI is InChI=1S/C16H24ClN/c1-12(2)10-18-11-15(13-7-8-13)9-14-5-3-4-6-16(14)17/h3-6,12-13,15,18H,7-11H2,1-2H3. The summed E-state index contributed by atoms with van der Waals surface area (Å²) in [5.41, 5.74) is 1.31. The predicted octanol–water partition coefficient (Wildman–Crippen LogP) is 4.15. The first-order valence-corrected chi connectivity index (χ1v) is 7.48. The Morgan fingerprint density at radius 3 is 2.56 bits per heavy atom. The molecule has 100 valence electrons. The van der Waals surface area contributed by atoms with Gasteiger partial charge in [0.1, 0.15) is 0 Å². The van der Waals surface area contributed by atoms with Crippen molar-refractivity contribution in [1.82, 2.24) is 5.32 Å². The highest BCUT2D eigenvalue weighted by Crippen LogP contribution is 2.38. The molecule has 1 atom stereocenters. The maximum atomic E-state index is 6.26. The van der Waals surface area contributed by atoms with Gasteiger partial charge >= 0.3 is 0 Å².